The summed E-state index contributed by atoms with van der Waals surface area (Å²) < 4.78 is 0. The Morgan fingerprint density at radius 2 is 1.14 bits per heavy atom. The summed E-state index contributed by atoms with van der Waals surface area (Å²) in [5, 5.41) is 0. The van der Waals surface area contributed by atoms with E-state index in [1.54, 1.807) is 0 Å². The zero-order chi connectivity index (χ0) is 15.0. The van der Waals surface area contributed by atoms with E-state index in [0.717, 1.165) is 11.1 Å². The van der Waals surface area contributed by atoms with Crippen molar-refractivity contribution >= 4 is 0 Å². The molecular weight excluding hydrogens is 252 g/mol. The minimum absolute atomic E-state index is 0.00152. The molecule has 0 N–H and O–H groups in total. The fraction of sp³-hybridized carbons (Fsp3) is 0.238. The summed E-state index contributed by atoms with van der Waals surface area (Å²) in [4.78, 5) is 0. The molecule has 0 heterocycles. The molecule has 0 amide bonds. The van der Waals surface area contributed by atoms with Gasteiger partial charge in [-0.25, -0.2) is 0 Å². The summed E-state index contributed by atoms with van der Waals surface area (Å²) in [6.07, 6.45) is 0. The van der Waals surface area contributed by atoms with Crippen LogP contribution in [0.3, 0.4) is 0 Å². The third kappa shape index (κ3) is 2.05. The summed E-state index contributed by atoms with van der Waals surface area (Å²) in [5.41, 5.74) is 7.55. The number of benzene rings is 2. The maximum atomic E-state index is 3.16. The molecule has 0 radical (unpaired) electrons. The highest BCUT2D eigenvalue weighted by molar-refractivity contribution is 5.82. The lowest BCUT2D eigenvalue weighted by molar-refractivity contribution is 0.660. The predicted octanol–water partition coefficient (Wildman–Crippen LogP) is 4.74. The van der Waals surface area contributed by atoms with Gasteiger partial charge in [0.15, 0.2) is 0 Å². The highest BCUT2D eigenvalue weighted by atomic mass is 14.4. The van der Waals surface area contributed by atoms with Gasteiger partial charge in [0.25, 0.3) is 0 Å². The molecule has 0 aromatic heterocycles. The van der Waals surface area contributed by atoms with Crippen LogP contribution < -0.4 is 0 Å². The molecule has 3 rings (SSSR count). The van der Waals surface area contributed by atoms with Crippen molar-refractivity contribution < 1.29 is 0 Å². The summed E-state index contributed by atoms with van der Waals surface area (Å²) >= 11 is 0. The average molecular weight is 270 g/mol. The fourth-order valence-corrected chi connectivity index (χ4v) is 3.18. The predicted molar refractivity (Wildman–Crippen MR) is 89.1 cm³/mol. The fourth-order valence-electron chi connectivity index (χ4n) is 3.18. The molecule has 0 fully saturated rings. The average Bonchev–Trinajstić information content (AvgIpc) is 2.68. The molecule has 2 aromatic carbocycles. The van der Waals surface area contributed by atoms with Crippen LogP contribution in [0.1, 0.15) is 49.9 Å². The minimum Gasteiger partial charge on any atom is -0.101 e. The van der Waals surface area contributed by atoms with Gasteiger partial charge in [-0.1, -0.05) is 37.8 Å². The number of hydrogen-bond donors (Lipinski definition) is 0. The summed E-state index contributed by atoms with van der Waals surface area (Å²) in [6.45, 7) is 8.32. The quantitative estimate of drug-likeness (QED) is 0.607. The van der Waals surface area contributed by atoms with Gasteiger partial charge in [0.1, 0.15) is 0 Å². The largest absolute Gasteiger partial charge is 0.101 e. The van der Waals surface area contributed by atoms with Crippen LogP contribution in [0.2, 0.25) is 0 Å². The van der Waals surface area contributed by atoms with Crippen molar-refractivity contribution in [2.24, 2.45) is 0 Å². The Kier molecular flexibility index (Phi) is 3.12. The molecule has 0 aliphatic heterocycles. The van der Waals surface area contributed by atoms with Crippen LogP contribution in [0.15, 0.2) is 36.4 Å². The van der Waals surface area contributed by atoms with Crippen LogP contribution in [-0.2, 0) is 5.41 Å². The second-order valence-electron chi connectivity index (χ2n) is 5.90. The van der Waals surface area contributed by atoms with Crippen LogP contribution in [0, 0.1) is 23.7 Å². The van der Waals surface area contributed by atoms with E-state index in [-0.39, 0.29) is 5.41 Å². The van der Waals surface area contributed by atoms with Crippen LogP contribution in [0.5, 0.6) is 0 Å². The Morgan fingerprint density at radius 3 is 1.52 bits per heavy atom. The molecule has 0 nitrogen and oxygen atoms in total. The van der Waals surface area contributed by atoms with Gasteiger partial charge in [-0.2, -0.15) is 0 Å². The van der Waals surface area contributed by atoms with E-state index in [4.69, 9.17) is 0 Å². The molecule has 0 atom stereocenters. The summed E-state index contributed by atoms with van der Waals surface area (Å²) in [6, 6.07) is 13.1. The van der Waals surface area contributed by atoms with Gasteiger partial charge in [0.05, 0.1) is 0 Å². The van der Waals surface area contributed by atoms with Gasteiger partial charge in [-0.15, -0.1) is 11.8 Å². The molecule has 2 aromatic rings. The smallest absolute Gasteiger partial charge is 0.0248 e. The SMILES string of the molecule is CC#Cc1ccc2c(c1)C(C)(C)c1cc(C#CC)ccc1-2. The number of fused-ring (bicyclic) bond motifs is 3. The lowest BCUT2D eigenvalue weighted by atomic mass is 9.81. The first-order valence-corrected chi connectivity index (χ1v) is 7.23. The first kappa shape index (κ1) is 13.5. The van der Waals surface area contributed by atoms with Gasteiger partial charge in [0, 0.05) is 16.5 Å². The minimum atomic E-state index is 0.00152. The maximum absolute atomic E-state index is 3.16. The van der Waals surface area contributed by atoms with Crippen molar-refractivity contribution in [1.29, 1.82) is 0 Å². The normalized spacial score (nSPS) is 13.3. The van der Waals surface area contributed by atoms with Crippen molar-refractivity contribution in [3.63, 3.8) is 0 Å². The first-order valence-electron chi connectivity index (χ1n) is 7.23. The first-order chi connectivity index (χ1) is 10.1. The van der Waals surface area contributed by atoms with Crippen LogP contribution in [0.25, 0.3) is 11.1 Å². The lowest BCUT2D eigenvalue weighted by Crippen LogP contribution is -2.15. The highest BCUT2D eigenvalue weighted by Crippen LogP contribution is 2.48. The molecular formula is C21H18. The van der Waals surface area contributed by atoms with Crippen molar-refractivity contribution in [2.45, 2.75) is 33.1 Å². The lowest BCUT2D eigenvalue weighted by Gasteiger charge is -2.21. The topological polar surface area (TPSA) is 0 Å². The van der Waals surface area contributed by atoms with E-state index in [1.165, 1.54) is 22.3 Å². The molecule has 0 unspecified atom stereocenters. The second-order valence-corrected chi connectivity index (χ2v) is 5.90. The molecule has 1 aliphatic carbocycles. The number of rotatable bonds is 0. The molecule has 0 heteroatoms. The molecule has 1 aliphatic rings. The van der Waals surface area contributed by atoms with Crippen LogP contribution in [-0.4, -0.2) is 0 Å². The van der Waals surface area contributed by atoms with Gasteiger partial charge in [-0.05, 0) is 60.4 Å². The molecule has 0 bridgehead atoms. The van der Waals surface area contributed by atoms with Gasteiger partial charge >= 0.3 is 0 Å². The van der Waals surface area contributed by atoms with E-state index in [1.807, 2.05) is 13.8 Å². The van der Waals surface area contributed by atoms with Crippen LogP contribution >= 0.6 is 0 Å². The van der Waals surface area contributed by atoms with Gasteiger partial charge in [-0.3, -0.25) is 0 Å². The van der Waals surface area contributed by atoms with E-state index >= 15 is 0 Å². The van der Waals surface area contributed by atoms with E-state index in [2.05, 4.69) is 73.9 Å². The van der Waals surface area contributed by atoms with Crippen molar-refractivity contribution in [1.82, 2.24) is 0 Å². The van der Waals surface area contributed by atoms with Crippen molar-refractivity contribution in [3.05, 3.63) is 58.7 Å². The third-order valence-corrected chi connectivity index (χ3v) is 4.21. The Bertz CT molecular complexity index is 772. The van der Waals surface area contributed by atoms with Crippen LogP contribution in [0.4, 0.5) is 0 Å². The third-order valence-electron chi connectivity index (χ3n) is 4.21. The highest BCUT2D eigenvalue weighted by Gasteiger charge is 2.35. The van der Waals surface area contributed by atoms with Gasteiger partial charge < -0.3 is 0 Å². The number of hydrogen-bond acceptors (Lipinski definition) is 0. The van der Waals surface area contributed by atoms with E-state index < -0.39 is 0 Å². The van der Waals surface area contributed by atoms with Gasteiger partial charge in [0.2, 0.25) is 0 Å². The zero-order valence-corrected chi connectivity index (χ0v) is 13.0. The Morgan fingerprint density at radius 1 is 0.714 bits per heavy atom. The summed E-state index contributed by atoms with van der Waals surface area (Å²) in [5.74, 6) is 12.3. The summed E-state index contributed by atoms with van der Waals surface area (Å²) in [7, 11) is 0. The van der Waals surface area contributed by atoms with E-state index in [0.29, 0.717) is 0 Å². The molecule has 21 heavy (non-hydrogen) atoms. The Balaban J connectivity index is 2.24. The Labute approximate surface area is 127 Å². The molecule has 0 spiro atoms. The standard InChI is InChI=1S/C21H18/c1-5-7-15-9-11-17-18-12-10-16(8-6-2)14-20(18)21(3,4)19(17)13-15/h9-14H,1-4H3. The van der Waals surface area contributed by atoms with Crippen molar-refractivity contribution in [2.75, 3.05) is 0 Å². The Hall–Kier alpha value is -2.44. The molecule has 0 saturated heterocycles. The molecule has 0 saturated carbocycles. The molecule has 102 valence electrons. The van der Waals surface area contributed by atoms with Crippen molar-refractivity contribution in [3.8, 4) is 34.8 Å². The van der Waals surface area contributed by atoms with E-state index in [9.17, 15) is 0 Å². The second kappa shape index (κ2) is 4.83. The monoisotopic (exact) mass is 270 g/mol. The zero-order valence-electron chi connectivity index (χ0n) is 13.0. The maximum Gasteiger partial charge on any atom is 0.0248 e.